The summed E-state index contributed by atoms with van der Waals surface area (Å²) in [7, 11) is 0. The number of carbonyl (C=O) groups excluding carboxylic acids is 3. The molecule has 0 aliphatic heterocycles. The van der Waals surface area contributed by atoms with E-state index in [1.54, 1.807) is 6.07 Å². The van der Waals surface area contributed by atoms with Gasteiger partial charge in [-0.3, -0.25) is 25.2 Å². The molecule has 0 heterocycles. The van der Waals surface area contributed by atoms with Gasteiger partial charge in [-0.05, 0) is 43.3 Å². The predicted molar refractivity (Wildman–Crippen MR) is 124 cm³/mol. The topological polar surface area (TPSA) is 106 Å². The summed E-state index contributed by atoms with van der Waals surface area (Å²) in [5.74, 6) is -0.795. The van der Waals surface area contributed by atoms with Gasteiger partial charge in [0.1, 0.15) is 5.75 Å². The molecule has 0 aliphatic rings. The molecule has 9 heteroatoms. The van der Waals surface area contributed by atoms with E-state index in [1.165, 1.54) is 0 Å². The fourth-order valence-electron chi connectivity index (χ4n) is 2.70. The summed E-state index contributed by atoms with van der Waals surface area (Å²) < 4.78 is 10.6. The number of benzene rings is 2. The third kappa shape index (κ3) is 9.57. The molecule has 0 spiro atoms. The van der Waals surface area contributed by atoms with Crippen molar-refractivity contribution in [2.24, 2.45) is 0 Å². The highest BCUT2D eigenvalue weighted by Crippen LogP contribution is 2.18. The van der Waals surface area contributed by atoms with E-state index in [9.17, 15) is 14.4 Å². The maximum atomic E-state index is 11.9. The van der Waals surface area contributed by atoms with Crippen molar-refractivity contribution >= 4 is 35.1 Å². The van der Waals surface area contributed by atoms with Gasteiger partial charge < -0.3 is 14.8 Å². The maximum absolute atomic E-state index is 11.9. The van der Waals surface area contributed by atoms with Gasteiger partial charge in [-0.1, -0.05) is 48.0 Å². The van der Waals surface area contributed by atoms with Crippen LogP contribution in [0.1, 0.15) is 29.5 Å². The van der Waals surface area contributed by atoms with E-state index >= 15 is 0 Å². The number of hydrazine groups is 1. The van der Waals surface area contributed by atoms with Gasteiger partial charge in [0, 0.05) is 12.8 Å². The molecule has 32 heavy (non-hydrogen) atoms. The average Bonchev–Trinajstić information content (AvgIpc) is 2.76. The van der Waals surface area contributed by atoms with Crippen LogP contribution in [0.15, 0.2) is 48.5 Å². The number of carbonyl (C=O) groups is 3. The van der Waals surface area contributed by atoms with E-state index in [2.05, 4.69) is 16.2 Å². The minimum Gasteiger partial charge on any atom is -0.483 e. The molecule has 3 N–H and O–H groups in total. The Morgan fingerprint density at radius 1 is 0.938 bits per heavy atom. The summed E-state index contributed by atoms with van der Waals surface area (Å²) in [5.41, 5.74) is 7.84. The first kappa shape index (κ1) is 24.8. The second kappa shape index (κ2) is 13.1. The summed E-state index contributed by atoms with van der Waals surface area (Å²) in [6, 6.07) is 15.3. The summed E-state index contributed by atoms with van der Waals surface area (Å²) in [6.45, 7) is 3.89. The standard InChI is InChI=1S/C23H27N3O5S/c1-16-8-9-19(17(2)14-16)31-15-21(28)25-26-23(32)24-20(27)10-11-22(29)30-13-12-18-6-4-3-5-7-18/h3-9,14H,10-13,15H2,1-2H3,(H,25,28)(H2,24,26,27,32). The van der Waals surface area contributed by atoms with Crippen LogP contribution >= 0.6 is 12.2 Å². The fourth-order valence-corrected chi connectivity index (χ4v) is 2.87. The fraction of sp³-hybridized carbons (Fsp3) is 0.304. The molecule has 0 aliphatic carbocycles. The summed E-state index contributed by atoms with van der Waals surface area (Å²) in [4.78, 5) is 35.5. The molecule has 0 unspecified atom stereocenters. The van der Waals surface area contributed by atoms with Crippen molar-refractivity contribution in [2.75, 3.05) is 13.2 Å². The smallest absolute Gasteiger partial charge is 0.306 e. The minimum absolute atomic E-state index is 0.0701. The Hall–Kier alpha value is -3.46. The molecule has 2 amide bonds. The molecule has 170 valence electrons. The zero-order chi connectivity index (χ0) is 23.3. The van der Waals surface area contributed by atoms with Gasteiger partial charge in [0.25, 0.3) is 5.91 Å². The van der Waals surface area contributed by atoms with E-state index in [4.69, 9.17) is 21.7 Å². The van der Waals surface area contributed by atoms with Gasteiger partial charge in [0.05, 0.1) is 13.0 Å². The van der Waals surface area contributed by atoms with Crippen molar-refractivity contribution in [1.29, 1.82) is 0 Å². The van der Waals surface area contributed by atoms with Crippen LogP contribution in [0.2, 0.25) is 0 Å². The molecule has 2 aromatic rings. The average molecular weight is 458 g/mol. The zero-order valence-electron chi connectivity index (χ0n) is 18.1. The number of esters is 1. The molecular formula is C23H27N3O5S. The van der Waals surface area contributed by atoms with Gasteiger partial charge in [0.15, 0.2) is 11.7 Å². The maximum Gasteiger partial charge on any atom is 0.306 e. The Balaban J connectivity index is 1.57. The summed E-state index contributed by atoms with van der Waals surface area (Å²) >= 11 is 4.95. The number of ether oxygens (including phenoxy) is 2. The number of amides is 2. The van der Waals surface area contributed by atoms with Crippen molar-refractivity contribution in [3.8, 4) is 5.75 Å². The molecule has 0 fully saturated rings. The van der Waals surface area contributed by atoms with Crippen molar-refractivity contribution in [3.63, 3.8) is 0 Å². The Labute approximate surface area is 192 Å². The lowest BCUT2D eigenvalue weighted by Crippen LogP contribution is -2.49. The van der Waals surface area contributed by atoms with E-state index in [-0.39, 0.29) is 31.2 Å². The summed E-state index contributed by atoms with van der Waals surface area (Å²) in [5, 5.41) is 2.29. The summed E-state index contributed by atoms with van der Waals surface area (Å²) in [6.07, 6.45) is 0.453. The number of hydrogen-bond donors (Lipinski definition) is 3. The van der Waals surface area contributed by atoms with Crippen LogP contribution in [0.4, 0.5) is 0 Å². The third-order valence-corrected chi connectivity index (χ3v) is 4.51. The molecule has 0 atom stereocenters. The lowest BCUT2D eigenvalue weighted by Gasteiger charge is -2.12. The van der Waals surface area contributed by atoms with E-state index in [0.717, 1.165) is 16.7 Å². The number of aryl methyl sites for hydroxylation is 2. The Morgan fingerprint density at radius 3 is 2.41 bits per heavy atom. The first-order chi connectivity index (χ1) is 15.3. The molecule has 0 saturated heterocycles. The molecule has 2 rings (SSSR count). The third-order valence-electron chi connectivity index (χ3n) is 4.31. The molecular weight excluding hydrogens is 430 g/mol. The van der Waals surface area contributed by atoms with E-state index in [0.29, 0.717) is 12.2 Å². The largest absolute Gasteiger partial charge is 0.483 e. The normalized spacial score (nSPS) is 10.1. The van der Waals surface area contributed by atoms with Crippen LogP contribution in [0.3, 0.4) is 0 Å². The lowest BCUT2D eigenvalue weighted by atomic mass is 10.1. The van der Waals surface area contributed by atoms with Crippen LogP contribution in [0.5, 0.6) is 5.75 Å². The predicted octanol–water partition coefficient (Wildman–Crippen LogP) is 2.27. The number of nitrogens with one attached hydrogen (secondary N) is 3. The van der Waals surface area contributed by atoms with Gasteiger partial charge in [0.2, 0.25) is 5.91 Å². The van der Waals surface area contributed by atoms with Gasteiger partial charge in [-0.2, -0.15) is 0 Å². The molecule has 0 saturated carbocycles. The lowest BCUT2D eigenvalue weighted by molar-refractivity contribution is -0.144. The molecule has 0 radical (unpaired) electrons. The van der Waals surface area contributed by atoms with Crippen molar-refractivity contribution < 1.29 is 23.9 Å². The molecule has 0 bridgehead atoms. The number of rotatable bonds is 9. The van der Waals surface area contributed by atoms with Crippen LogP contribution in [-0.2, 0) is 25.5 Å². The molecule has 0 aromatic heterocycles. The molecule has 2 aromatic carbocycles. The highest BCUT2D eigenvalue weighted by Gasteiger charge is 2.11. The van der Waals surface area contributed by atoms with Gasteiger partial charge >= 0.3 is 5.97 Å². The first-order valence-corrected chi connectivity index (χ1v) is 10.5. The van der Waals surface area contributed by atoms with Crippen LogP contribution in [0.25, 0.3) is 0 Å². The van der Waals surface area contributed by atoms with Gasteiger partial charge in [-0.15, -0.1) is 0 Å². The van der Waals surface area contributed by atoms with Crippen LogP contribution in [0, 0.1) is 13.8 Å². The Morgan fingerprint density at radius 2 is 1.69 bits per heavy atom. The quantitative estimate of drug-likeness (QED) is 0.301. The van der Waals surface area contributed by atoms with Crippen LogP contribution in [-0.4, -0.2) is 36.1 Å². The second-order valence-electron chi connectivity index (χ2n) is 7.06. The Kier molecular flexibility index (Phi) is 10.1. The van der Waals surface area contributed by atoms with Crippen molar-refractivity contribution in [1.82, 2.24) is 16.2 Å². The Bertz CT molecular complexity index is 950. The highest BCUT2D eigenvalue weighted by atomic mass is 32.1. The number of thiocarbonyl (C=S) groups is 1. The monoisotopic (exact) mass is 457 g/mol. The highest BCUT2D eigenvalue weighted by molar-refractivity contribution is 7.80. The first-order valence-electron chi connectivity index (χ1n) is 10.1. The van der Waals surface area contributed by atoms with E-state index in [1.807, 2.05) is 56.3 Å². The van der Waals surface area contributed by atoms with Crippen molar-refractivity contribution in [3.05, 3.63) is 65.2 Å². The van der Waals surface area contributed by atoms with Crippen molar-refractivity contribution in [2.45, 2.75) is 33.1 Å². The van der Waals surface area contributed by atoms with E-state index < -0.39 is 17.8 Å². The minimum atomic E-state index is -0.469. The number of hydrogen-bond acceptors (Lipinski definition) is 6. The van der Waals surface area contributed by atoms with Gasteiger partial charge in [-0.25, -0.2) is 0 Å². The van der Waals surface area contributed by atoms with Crippen LogP contribution < -0.4 is 20.9 Å². The molecule has 8 nitrogen and oxygen atoms in total. The zero-order valence-corrected chi connectivity index (χ0v) is 18.9. The SMILES string of the molecule is Cc1ccc(OCC(=O)NNC(=S)NC(=O)CCC(=O)OCCc2ccccc2)c(C)c1. The second-order valence-corrected chi connectivity index (χ2v) is 7.47.